The number of carbonyl (C=O) groups excluding carboxylic acids is 1. The van der Waals surface area contributed by atoms with Gasteiger partial charge in [0, 0.05) is 18.5 Å². The number of furan rings is 1. The van der Waals surface area contributed by atoms with Crippen LogP contribution in [0, 0.1) is 0 Å². The number of hydrogen-bond acceptors (Lipinski definition) is 4. The van der Waals surface area contributed by atoms with Gasteiger partial charge in [-0.3, -0.25) is 0 Å². The van der Waals surface area contributed by atoms with Crippen LogP contribution in [-0.4, -0.2) is 43.9 Å². The zero-order chi connectivity index (χ0) is 15.7. The van der Waals surface area contributed by atoms with Crippen molar-refractivity contribution in [3.05, 3.63) is 36.1 Å². The minimum absolute atomic E-state index is 0.0432. The van der Waals surface area contributed by atoms with Gasteiger partial charge in [0.25, 0.3) is 0 Å². The smallest absolute Gasteiger partial charge is 0.317 e. The Hall–Kier alpha value is -2.02. The second kappa shape index (κ2) is 5.64. The van der Waals surface area contributed by atoms with E-state index in [-0.39, 0.29) is 30.1 Å². The molecule has 0 radical (unpaired) electrons. The van der Waals surface area contributed by atoms with Crippen molar-refractivity contribution in [1.29, 1.82) is 0 Å². The largest absolute Gasteiger partial charge is 0.459 e. The van der Waals surface area contributed by atoms with Crippen molar-refractivity contribution in [2.24, 2.45) is 0 Å². The molecule has 0 aliphatic carbocycles. The minimum atomic E-state index is -3.00. The molecule has 1 aromatic heterocycles. The average molecular weight is 322 g/mol. The maximum Gasteiger partial charge on any atom is 0.317 e. The lowest BCUT2D eigenvalue weighted by molar-refractivity contribution is 0.194. The lowest BCUT2D eigenvalue weighted by atomic mass is 10.2. The van der Waals surface area contributed by atoms with Crippen LogP contribution in [0.3, 0.4) is 0 Å². The highest BCUT2D eigenvalue weighted by molar-refractivity contribution is 7.91. The Bertz CT molecular complexity index is 764. The van der Waals surface area contributed by atoms with Crippen LogP contribution >= 0.6 is 0 Å². The zero-order valence-corrected chi connectivity index (χ0v) is 13.1. The molecular formula is C15H18N2O4S. The standard InChI is InChI=1S/C15H18N2O4S/c1-17(12-6-7-22(19,20)10-12)15(18)16-9-13-8-11-4-2-3-5-14(11)21-13/h2-5,8,12H,6-7,9-10H2,1H3,(H,16,18)/t12-/m0/s1. The SMILES string of the molecule is CN(C(=O)NCc1cc2ccccc2o1)[C@H]1CCS(=O)(=O)C1. The van der Waals surface area contributed by atoms with Crippen molar-refractivity contribution in [3.8, 4) is 0 Å². The molecule has 1 atom stereocenters. The molecule has 1 aliphatic heterocycles. The second-order valence-corrected chi connectivity index (χ2v) is 7.81. The third-order valence-electron chi connectivity index (χ3n) is 3.97. The molecular weight excluding hydrogens is 304 g/mol. The number of hydrogen-bond donors (Lipinski definition) is 1. The van der Waals surface area contributed by atoms with E-state index in [1.54, 1.807) is 7.05 Å². The first-order chi connectivity index (χ1) is 10.4. The molecule has 6 nitrogen and oxygen atoms in total. The molecule has 1 fully saturated rings. The minimum Gasteiger partial charge on any atom is -0.459 e. The number of sulfone groups is 1. The Labute approximate surface area is 129 Å². The van der Waals surface area contributed by atoms with Crippen LogP contribution < -0.4 is 5.32 Å². The van der Waals surface area contributed by atoms with E-state index in [9.17, 15) is 13.2 Å². The van der Waals surface area contributed by atoms with Gasteiger partial charge in [-0.15, -0.1) is 0 Å². The molecule has 1 aromatic carbocycles. The fraction of sp³-hybridized carbons (Fsp3) is 0.400. The molecule has 0 unspecified atom stereocenters. The van der Waals surface area contributed by atoms with Crippen LogP contribution in [-0.2, 0) is 16.4 Å². The highest BCUT2D eigenvalue weighted by atomic mass is 32.2. The van der Waals surface area contributed by atoms with Gasteiger partial charge in [0.1, 0.15) is 11.3 Å². The number of nitrogens with zero attached hydrogens (tertiary/aromatic N) is 1. The summed E-state index contributed by atoms with van der Waals surface area (Å²) in [5, 5.41) is 3.75. The van der Waals surface area contributed by atoms with Crippen LogP contribution in [0.5, 0.6) is 0 Å². The summed E-state index contributed by atoms with van der Waals surface area (Å²) in [4.78, 5) is 13.6. The second-order valence-electron chi connectivity index (χ2n) is 5.58. The first-order valence-electron chi connectivity index (χ1n) is 7.13. The maximum atomic E-state index is 12.1. The van der Waals surface area contributed by atoms with Gasteiger partial charge in [-0.1, -0.05) is 18.2 Å². The molecule has 2 aromatic rings. The molecule has 1 N–H and O–H groups in total. The fourth-order valence-electron chi connectivity index (χ4n) is 2.66. The van der Waals surface area contributed by atoms with E-state index in [1.807, 2.05) is 30.3 Å². The molecule has 2 heterocycles. The van der Waals surface area contributed by atoms with Crippen LogP contribution in [0.2, 0.25) is 0 Å². The normalized spacial score (nSPS) is 20.1. The van der Waals surface area contributed by atoms with Gasteiger partial charge in [0.05, 0.1) is 18.1 Å². The van der Waals surface area contributed by atoms with Crippen LogP contribution in [0.15, 0.2) is 34.7 Å². The molecule has 118 valence electrons. The Balaban J connectivity index is 1.60. The summed E-state index contributed by atoms with van der Waals surface area (Å²) in [6, 6.07) is 8.98. The predicted molar refractivity (Wildman–Crippen MR) is 83.3 cm³/mol. The molecule has 7 heteroatoms. The fourth-order valence-corrected chi connectivity index (χ4v) is 4.43. The first kappa shape index (κ1) is 14.9. The molecule has 2 amide bonds. The van der Waals surface area contributed by atoms with Crippen molar-refractivity contribution >= 4 is 26.8 Å². The lowest BCUT2D eigenvalue weighted by Crippen LogP contribution is -2.43. The van der Waals surface area contributed by atoms with E-state index in [4.69, 9.17) is 4.42 Å². The van der Waals surface area contributed by atoms with Crippen molar-refractivity contribution in [2.75, 3.05) is 18.6 Å². The van der Waals surface area contributed by atoms with Crippen LogP contribution in [0.4, 0.5) is 4.79 Å². The Kier molecular flexibility index (Phi) is 3.82. The topological polar surface area (TPSA) is 79.6 Å². The molecule has 3 rings (SSSR count). The maximum absolute atomic E-state index is 12.1. The summed E-state index contributed by atoms with van der Waals surface area (Å²) in [6.07, 6.45) is 0.497. The van der Waals surface area contributed by atoms with E-state index in [0.29, 0.717) is 12.2 Å². The third-order valence-corrected chi connectivity index (χ3v) is 5.72. The van der Waals surface area contributed by atoms with Crippen molar-refractivity contribution in [3.63, 3.8) is 0 Å². The summed E-state index contributed by atoms with van der Waals surface area (Å²) < 4.78 is 28.6. The van der Waals surface area contributed by atoms with Gasteiger partial charge < -0.3 is 14.6 Å². The van der Waals surface area contributed by atoms with Gasteiger partial charge in [-0.2, -0.15) is 0 Å². The number of amides is 2. The van der Waals surface area contributed by atoms with E-state index in [2.05, 4.69) is 5.32 Å². The number of rotatable bonds is 3. The summed E-state index contributed by atoms with van der Waals surface area (Å²) >= 11 is 0. The van der Waals surface area contributed by atoms with Gasteiger partial charge >= 0.3 is 6.03 Å². The number of fused-ring (bicyclic) bond motifs is 1. The lowest BCUT2D eigenvalue weighted by Gasteiger charge is -2.23. The van der Waals surface area contributed by atoms with Gasteiger partial charge in [-0.05, 0) is 18.6 Å². The van der Waals surface area contributed by atoms with Crippen LogP contribution in [0.1, 0.15) is 12.2 Å². The summed E-state index contributed by atoms with van der Waals surface area (Å²) in [5.74, 6) is 0.863. The molecule has 22 heavy (non-hydrogen) atoms. The Morgan fingerprint density at radius 2 is 2.18 bits per heavy atom. The molecule has 0 spiro atoms. The molecule has 0 saturated carbocycles. The highest BCUT2D eigenvalue weighted by Gasteiger charge is 2.32. The number of nitrogens with one attached hydrogen (secondary N) is 1. The summed E-state index contributed by atoms with van der Waals surface area (Å²) in [7, 11) is -1.37. The predicted octanol–water partition coefficient (Wildman–Crippen LogP) is 1.76. The number of benzene rings is 1. The molecule has 0 bridgehead atoms. The van der Waals surface area contributed by atoms with E-state index in [0.717, 1.165) is 11.0 Å². The zero-order valence-electron chi connectivity index (χ0n) is 12.3. The van der Waals surface area contributed by atoms with Gasteiger partial charge in [-0.25, -0.2) is 13.2 Å². The monoisotopic (exact) mass is 322 g/mol. The quantitative estimate of drug-likeness (QED) is 0.934. The van der Waals surface area contributed by atoms with Crippen molar-refractivity contribution in [2.45, 2.75) is 19.0 Å². The first-order valence-corrected chi connectivity index (χ1v) is 8.95. The molecule has 1 aliphatic rings. The summed E-state index contributed by atoms with van der Waals surface area (Å²) in [5.41, 5.74) is 0.780. The van der Waals surface area contributed by atoms with Crippen molar-refractivity contribution in [1.82, 2.24) is 10.2 Å². The molecule has 1 saturated heterocycles. The Morgan fingerprint density at radius 3 is 2.86 bits per heavy atom. The highest BCUT2D eigenvalue weighted by Crippen LogP contribution is 2.19. The average Bonchev–Trinajstić information content (AvgIpc) is 3.06. The van der Waals surface area contributed by atoms with Gasteiger partial charge in [0.2, 0.25) is 0 Å². The number of carbonyl (C=O) groups is 1. The number of para-hydroxylation sites is 1. The number of urea groups is 1. The van der Waals surface area contributed by atoms with Gasteiger partial charge in [0.15, 0.2) is 9.84 Å². The Morgan fingerprint density at radius 1 is 1.41 bits per heavy atom. The van der Waals surface area contributed by atoms with Crippen molar-refractivity contribution < 1.29 is 17.6 Å². The van der Waals surface area contributed by atoms with Crippen LogP contribution in [0.25, 0.3) is 11.0 Å². The van der Waals surface area contributed by atoms with E-state index < -0.39 is 9.84 Å². The third kappa shape index (κ3) is 3.09. The van der Waals surface area contributed by atoms with E-state index >= 15 is 0 Å². The summed E-state index contributed by atoms with van der Waals surface area (Å²) in [6.45, 7) is 0.275. The van der Waals surface area contributed by atoms with E-state index in [1.165, 1.54) is 4.90 Å².